The van der Waals surface area contributed by atoms with Crippen molar-refractivity contribution >= 4 is 44.3 Å². The van der Waals surface area contributed by atoms with E-state index in [1.807, 2.05) is 66.2 Å². The Hall–Kier alpha value is -4.13. The lowest BCUT2D eigenvalue weighted by Crippen LogP contribution is -2.23. The second-order valence-corrected chi connectivity index (χ2v) is 11.5. The molecule has 1 amide bonds. The van der Waals surface area contributed by atoms with Crippen molar-refractivity contribution in [2.24, 2.45) is 5.14 Å². The van der Waals surface area contributed by atoms with E-state index in [0.29, 0.717) is 23.3 Å². The third-order valence-electron chi connectivity index (χ3n) is 5.97. The van der Waals surface area contributed by atoms with Crippen LogP contribution in [0.15, 0.2) is 89.0 Å². The molecule has 0 aliphatic rings. The number of aromatic nitrogens is 4. The van der Waals surface area contributed by atoms with E-state index < -0.39 is 15.3 Å². The normalized spacial score (nSPS) is 12.4. The first-order chi connectivity index (χ1) is 18.7. The number of H-pyrrole nitrogens is 1. The fraction of sp³-hybridized carbons (Fsp3) is 0.148. The Morgan fingerprint density at radius 3 is 2.49 bits per heavy atom. The molecule has 0 aliphatic heterocycles. The molecule has 1 atom stereocenters. The molecule has 0 aliphatic carbocycles. The molecule has 4 N–H and O–H groups in total. The molecular formula is C27H26N6O4S2. The number of primary sulfonamides is 1. The number of thioether (sulfide) groups is 1. The highest BCUT2D eigenvalue weighted by molar-refractivity contribution is 8.00. The lowest BCUT2D eigenvalue weighted by atomic mass is 10.1. The van der Waals surface area contributed by atoms with Crippen LogP contribution in [0, 0.1) is 0 Å². The van der Waals surface area contributed by atoms with Gasteiger partial charge >= 0.3 is 0 Å². The summed E-state index contributed by atoms with van der Waals surface area (Å²) < 4.78 is 30.5. The Labute approximate surface area is 229 Å². The average molecular weight is 563 g/mol. The first-order valence-electron chi connectivity index (χ1n) is 12.1. The summed E-state index contributed by atoms with van der Waals surface area (Å²) in [6.07, 6.45) is 1.90. The van der Waals surface area contributed by atoms with Gasteiger partial charge in [0.05, 0.1) is 16.8 Å². The number of anilines is 1. The molecule has 0 spiro atoms. The predicted molar refractivity (Wildman–Crippen MR) is 152 cm³/mol. The maximum atomic E-state index is 13.0. The van der Waals surface area contributed by atoms with Gasteiger partial charge in [0.2, 0.25) is 15.9 Å². The Morgan fingerprint density at radius 1 is 1.08 bits per heavy atom. The average Bonchev–Trinajstić information content (AvgIpc) is 3.53. The van der Waals surface area contributed by atoms with Gasteiger partial charge in [0.15, 0.2) is 11.0 Å². The molecule has 3 aromatic carbocycles. The van der Waals surface area contributed by atoms with E-state index in [2.05, 4.69) is 20.5 Å². The van der Waals surface area contributed by atoms with E-state index in [1.54, 1.807) is 6.92 Å². The van der Waals surface area contributed by atoms with Crippen LogP contribution in [-0.4, -0.2) is 45.9 Å². The zero-order valence-electron chi connectivity index (χ0n) is 21.2. The van der Waals surface area contributed by atoms with Crippen molar-refractivity contribution in [2.45, 2.75) is 29.1 Å². The van der Waals surface area contributed by atoms with Crippen LogP contribution in [0.4, 0.5) is 5.69 Å². The zero-order valence-corrected chi connectivity index (χ0v) is 22.8. The summed E-state index contributed by atoms with van der Waals surface area (Å²) in [5.74, 6) is 1.10. The van der Waals surface area contributed by atoms with Crippen molar-refractivity contribution in [1.29, 1.82) is 0 Å². The van der Waals surface area contributed by atoms with E-state index in [0.717, 1.165) is 27.9 Å². The van der Waals surface area contributed by atoms with Crippen molar-refractivity contribution < 1.29 is 17.9 Å². The Morgan fingerprint density at radius 2 is 1.79 bits per heavy atom. The highest BCUT2D eigenvalue weighted by Crippen LogP contribution is 2.34. The number of carbonyl (C=O) groups is 1. The fourth-order valence-corrected chi connectivity index (χ4v) is 5.43. The van der Waals surface area contributed by atoms with Crippen LogP contribution in [0.1, 0.15) is 13.8 Å². The number of aromatic amines is 1. The van der Waals surface area contributed by atoms with Gasteiger partial charge in [-0.1, -0.05) is 30.0 Å². The molecule has 0 unspecified atom stereocenters. The summed E-state index contributed by atoms with van der Waals surface area (Å²) in [5, 5.41) is 17.9. The number of hydrogen-bond donors (Lipinski definition) is 3. The molecule has 2 aromatic heterocycles. The largest absolute Gasteiger partial charge is 0.494 e. The standard InChI is InChI=1S/C27H26N6O4S2/c1-3-37-20-12-10-19(11-13-20)33-25(23-16-29-24-7-5-4-6-22(23)24)31-32-27(33)38-17(2)26(34)30-18-8-14-21(15-9-18)39(28,35)36/h4-17,29H,3H2,1-2H3,(H,30,34)(H2,28,35,36)/t17-/m0/s1. The highest BCUT2D eigenvalue weighted by Gasteiger charge is 2.23. The number of hydrogen-bond acceptors (Lipinski definition) is 7. The van der Waals surface area contributed by atoms with Gasteiger partial charge in [-0.2, -0.15) is 0 Å². The maximum absolute atomic E-state index is 13.0. The molecule has 0 radical (unpaired) electrons. The van der Waals surface area contributed by atoms with Gasteiger partial charge in [-0.15, -0.1) is 10.2 Å². The maximum Gasteiger partial charge on any atom is 0.238 e. The summed E-state index contributed by atoms with van der Waals surface area (Å²) in [6.45, 7) is 4.25. The lowest BCUT2D eigenvalue weighted by molar-refractivity contribution is -0.115. The number of nitrogens with one attached hydrogen (secondary N) is 2. The van der Waals surface area contributed by atoms with Crippen molar-refractivity contribution in [3.05, 3.63) is 79.0 Å². The SMILES string of the molecule is CCOc1ccc(-n2c(S[C@@H](C)C(=O)Nc3ccc(S(N)(=O)=O)cc3)nnc2-c2c[nH]c3ccccc23)cc1. The lowest BCUT2D eigenvalue weighted by Gasteiger charge is -2.14. The number of carbonyl (C=O) groups excluding carboxylic acids is 1. The first kappa shape index (κ1) is 26.5. The van der Waals surface area contributed by atoms with E-state index in [1.165, 1.54) is 36.0 Å². The Kier molecular flexibility index (Phi) is 7.42. The highest BCUT2D eigenvalue weighted by atomic mass is 32.2. The van der Waals surface area contributed by atoms with E-state index in [-0.39, 0.29) is 10.8 Å². The number of fused-ring (bicyclic) bond motifs is 1. The summed E-state index contributed by atoms with van der Waals surface area (Å²) in [5.41, 5.74) is 3.12. The molecule has 5 aromatic rings. The summed E-state index contributed by atoms with van der Waals surface area (Å²) in [4.78, 5) is 16.3. The Bertz CT molecular complexity index is 1730. The van der Waals surface area contributed by atoms with E-state index in [9.17, 15) is 13.2 Å². The minimum atomic E-state index is -3.82. The molecule has 0 bridgehead atoms. The molecule has 12 heteroatoms. The summed E-state index contributed by atoms with van der Waals surface area (Å²) in [7, 11) is -3.82. The molecule has 2 heterocycles. The zero-order chi connectivity index (χ0) is 27.6. The van der Waals surface area contributed by atoms with Gasteiger partial charge in [0.25, 0.3) is 0 Å². The third kappa shape index (κ3) is 5.67. The molecular weight excluding hydrogens is 536 g/mol. The van der Waals surface area contributed by atoms with Gasteiger partial charge in [0, 0.05) is 34.0 Å². The van der Waals surface area contributed by atoms with Crippen LogP contribution in [0.25, 0.3) is 28.0 Å². The van der Waals surface area contributed by atoms with E-state index >= 15 is 0 Å². The number of rotatable bonds is 9. The van der Waals surface area contributed by atoms with E-state index in [4.69, 9.17) is 9.88 Å². The number of nitrogens with zero attached hydrogens (tertiary/aromatic N) is 3. The molecule has 0 saturated heterocycles. The van der Waals surface area contributed by atoms with Crippen molar-refractivity contribution in [2.75, 3.05) is 11.9 Å². The van der Waals surface area contributed by atoms with Crippen molar-refractivity contribution in [3.63, 3.8) is 0 Å². The second-order valence-electron chi connectivity index (χ2n) is 8.64. The molecule has 0 saturated carbocycles. The molecule has 200 valence electrons. The van der Waals surface area contributed by atoms with Crippen LogP contribution in [-0.2, 0) is 14.8 Å². The van der Waals surface area contributed by atoms with Crippen LogP contribution in [0.5, 0.6) is 5.75 Å². The smallest absolute Gasteiger partial charge is 0.238 e. The monoisotopic (exact) mass is 562 g/mol. The van der Waals surface area contributed by atoms with Crippen molar-refractivity contribution in [1.82, 2.24) is 19.7 Å². The fourth-order valence-electron chi connectivity index (χ4n) is 4.05. The van der Waals surface area contributed by atoms with Crippen LogP contribution >= 0.6 is 11.8 Å². The topological polar surface area (TPSA) is 145 Å². The van der Waals surface area contributed by atoms with Crippen LogP contribution < -0.4 is 15.2 Å². The number of sulfonamides is 1. The number of ether oxygens (including phenoxy) is 1. The molecule has 5 rings (SSSR count). The molecule has 10 nitrogen and oxygen atoms in total. The van der Waals surface area contributed by atoms with Gasteiger partial charge < -0.3 is 15.0 Å². The summed E-state index contributed by atoms with van der Waals surface area (Å²) >= 11 is 1.26. The molecule has 39 heavy (non-hydrogen) atoms. The van der Waals surface area contributed by atoms with Crippen LogP contribution in [0.3, 0.4) is 0 Å². The third-order valence-corrected chi connectivity index (χ3v) is 7.94. The van der Waals surface area contributed by atoms with Gasteiger partial charge in [-0.05, 0) is 68.4 Å². The van der Waals surface area contributed by atoms with Crippen molar-refractivity contribution in [3.8, 4) is 22.8 Å². The number of amides is 1. The number of nitrogens with two attached hydrogens (primary N) is 1. The van der Waals surface area contributed by atoms with Gasteiger partial charge in [-0.3, -0.25) is 9.36 Å². The minimum Gasteiger partial charge on any atom is -0.494 e. The number of para-hydroxylation sites is 1. The molecule has 0 fully saturated rings. The Balaban J connectivity index is 1.45. The number of benzene rings is 3. The quantitative estimate of drug-likeness (QED) is 0.223. The van der Waals surface area contributed by atoms with Gasteiger partial charge in [0.1, 0.15) is 5.75 Å². The second kappa shape index (κ2) is 10.9. The summed E-state index contributed by atoms with van der Waals surface area (Å²) in [6, 6.07) is 21.2. The van der Waals surface area contributed by atoms with Crippen LogP contribution in [0.2, 0.25) is 0 Å². The van der Waals surface area contributed by atoms with Gasteiger partial charge in [-0.25, -0.2) is 13.6 Å². The predicted octanol–water partition coefficient (Wildman–Crippen LogP) is 4.58. The minimum absolute atomic E-state index is 0.0313. The first-order valence-corrected chi connectivity index (χ1v) is 14.5.